The fourth-order valence-electron chi connectivity index (χ4n) is 1.84. The van der Waals surface area contributed by atoms with E-state index in [4.69, 9.17) is 0 Å². The second-order valence-corrected chi connectivity index (χ2v) is 17.0. The molecule has 0 spiro atoms. The molecule has 0 unspecified atom stereocenters. The van der Waals surface area contributed by atoms with Gasteiger partial charge in [-0.2, -0.15) is 12.2 Å². The number of halogens is 2. The van der Waals surface area contributed by atoms with Crippen LogP contribution in [0, 0.1) is 12.2 Å². The second kappa shape index (κ2) is 11.4. The summed E-state index contributed by atoms with van der Waals surface area (Å²) in [7, 11) is -2.01. The molecule has 2 aliphatic rings. The average Bonchev–Trinajstić information content (AvgIpc) is 2.91. The van der Waals surface area contributed by atoms with Crippen LogP contribution in [-0.2, 0) is 25.8 Å². The van der Waals surface area contributed by atoms with Crippen molar-refractivity contribution in [1.82, 2.24) is 0 Å². The van der Waals surface area contributed by atoms with Crippen LogP contribution >= 0.6 is 24.8 Å². The first-order valence-electron chi connectivity index (χ1n) is 6.77. The maximum absolute atomic E-state index is 3.36. The summed E-state index contributed by atoms with van der Waals surface area (Å²) in [5, 5.41) is 2.98. The first kappa shape index (κ1) is 26.7. The molecule has 0 aromatic carbocycles. The van der Waals surface area contributed by atoms with Gasteiger partial charge in [0.1, 0.15) is 0 Å². The maximum Gasteiger partial charge on any atom is 0.0393 e. The third-order valence-electron chi connectivity index (χ3n) is 3.01. The Morgan fingerprint density at radius 1 is 0.714 bits per heavy atom. The predicted molar refractivity (Wildman–Crippen MR) is 102 cm³/mol. The fourth-order valence-corrected chi connectivity index (χ4v) is 4.34. The Labute approximate surface area is 164 Å². The van der Waals surface area contributed by atoms with Crippen molar-refractivity contribution in [2.75, 3.05) is 0 Å². The van der Waals surface area contributed by atoms with E-state index in [2.05, 4.69) is 75.7 Å². The molecule has 0 nitrogen and oxygen atoms in total. The molecule has 0 heterocycles. The summed E-state index contributed by atoms with van der Waals surface area (Å²) in [6.45, 7) is 14.1. The van der Waals surface area contributed by atoms with Crippen molar-refractivity contribution in [3.8, 4) is 0 Å². The van der Waals surface area contributed by atoms with Crippen molar-refractivity contribution < 1.29 is 25.8 Å². The van der Waals surface area contributed by atoms with Gasteiger partial charge < -0.3 is 0 Å². The van der Waals surface area contributed by atoms with Gasteiger partial charge in [0.25, 0.3) is 0 Å². The van der Waals surface area contributed by atoms with E-state index in [0.717, 1.165) is 12.8 Å². The smallest absolute Gasteiger partial charge is 0.0393 e. The van der Waals surface area contributed by atoms with Crippen molar-refractivity contribution in [3.63, 3.8) is 0 Å². The molecule has 0 saturated heterocycles. The Morgan fingerprint density at radius 2 is 1.00 bits per heavy atom. The molecule has 2 aliphatic carbocycles. The van der Waals surface area contributed by atoms with Gasteiger partial charge in [-0.3, -0.25) is 12.2 Å². The Bertz CT molecular complexity index is 371. The van der Waals surface area contributed by atoms with Crippen LogP contribution in [0.2, 0.25) is 39.3 Å². The molecule has 0 fully saturated rings. The van der Waals surface area contributed by atoms with Crippen LogP contribution in [0.25, 0.3) is 0 Å². The summed E-state index contributed by atoms with van der Waals surface area (Å²) in [6, 6.07) is 0. The predicted octanol–water partition coefficient (Wildman–Crippen LogP) is 5.95. The first-order chi connectivity index (χ1) is 8.21. The van der Waals surface area contributed by atoms with Crippen LogP contribution in [0.1, 0.15) is 12.8 Å². The van der Waals surface area contributed by atoms with Gasteiger partial charge in [-0.05, 0) is 0 Å². The largest absolute Gasteiger partial charge is 0.274 e. The summed E-state index contributed by atoms with van der Waals surface area (Å²) in [4.78, 5) is 0. The van der Waals surface area contributed by atoms with Gasteiger partial charge in [0, 0.05) is 42.0 Å². The number of hydrogen-bond donors (Lipinski definition) is 0. The summed E-state index contributed by atoms with van der Waals surface area (Å²) >= 11 is 0. The van der Waals surface area contributed by atoms with Gasteiger partial charge >= 0.3 is 0 Å². The molecule has 0 atom stereocenters. The first-order valence-corrected chi connectivity index (χ1v) is 13.8. The Balaban J connectivity index is -0.000000270. The van der Waals surface area contributed by atoms with E-state index in [9.17, 15) is 0 Å². The molecular weight excluding hydrogens is 498 g/mol. The second-order valence-electron chi connectivity index (χ2n) is 6.89. The molecule has 0 aromatic rings. The third-order valence-corrected chi connectivity index (χ3v) is 6.92. The Hall–Kier alpha value is 0.844. The van der Waals surface area contributed by atoms with Crippen molar-refractivity contribution in [2.45, 2.75) is 52.1 Å². The van der Waals surface area contributed by atoms with Crippen LogP contribution < -0.4 is 0 Å². The van der Waals surface area contributed by atoms with Crippen molar-refractivity contribution in [3.05, 3.63) is 46.8 Å². The Kier molecular flexibility index (Phi) is 14.5. The molecule has 0 aliphatic heterocycles. The van der Waals surface area contributed by atoms with E-state index < -0.39 is 16.1 Å². The molecule has 0 aromatic heterocycles. The maximum atomic E-state index is 3.36. The van der Waals surface area contributed by atoms with Crippen LogP contribution in [0.5, 0.6) is 0 Å². The summed E-state index contributed by atoms with van der Waals surface area (Å²) in [5.74, 6) is 0. The fraction of sp³-hybridized carbons (Fsp3) is 0.500. The van der Waals surface area contributed by atoms with Crippen LogP contribution in [0.15, 0.2) is 34.7 Å². The molecule has 21 heavy (non-hydrogen) atoms. The minimum Gasteiger partial charge on any atom is -0.274 e. The summed E-state index contributed by atoms with van der Waals surface area (Å²) < 4.78 is 0. The standard InChI is InChI=1S/2C8H13Si.2ClH.Hf/c2*1-9(2,3)8-6-4-5-7-8;;;/h2*4,6H,5H2,1-3H3;2*1H;/q2*-1;;;. The van der Waals surface area contributed by atoms with E-state index in [-0.39, 0.29) is 50.7 Å². The molecule has 2 rings (SSSR count). The molecule has 0 amide bonds. The van der Waals surface area contributed by atoms with E-state index in [1.807, 2.05) is 0 Å². The number of rotatable bonds is 2. The van der Waals surface area contributed by atoms with Crippen LogP contribution in [-0.4, -0.2) is 16.1 Å². The van der Waals surface area contributed by atoms with Gasteiger partial charge in [-0.15, -0.1) is 37.7 Å². The van der Waals surface area contributed by atoms with E-state index in [1.165, 1.54) is 10.4 Å². The molecule has 120 valence electrons. The molecule has 5 heteroatoms. The molecule has 0 N–H and O–H groups in total. The minimum absolute atomic E-state index is 0. The summed E-state index contributed by atoms with van der Waals surface area (Å²) in [6.07, 6.45) is 17.6. The monoisotopic (exact) mass is 526 g/mol. The van der Waals surface area contributed by atoms with Crippen LogP contribution in [0.3, 0.4) is 0 Å². The zero-order valence-electron chi connectivity index (χ0n) is 14.0. The molecule has 0 bridgehead atoms. The van der Waals surface area contributed by atoms with Crippen LogP contribution in [0.4, 0.5) is 0 Å². The number of allylic oxidation sites excluding steroid dienone is 8. The Morgan fingerprint density at radius 3 is 1.10 bits per heavy atom. The minimum atomic E-state index is -1.01. The van der Waals surface area contributed by atoms with Crippen molar-refractivity contribution in [2.24, 2.45) is 0 Å². The van der Waals surface area contributed by atoms with Gasteiger partial charge in [0.2, 0.25) is 0 Å². The van der Waals surface area contributed by atoms with Gasteiger partial charge in [-0.1, -0.05) is 39.3 Å². The van der Waals surface area contributed by atoms with Gasteiger partial charge in [-0.25, -0.2) is 22.5 Å². The van der Waals surface area contributed by atoms with Crippen molar-refractivity contribution >= 4 is 41.0 Å². The van der Waals surface area contributed by atoms with Crippen molar-refractivity contribution in [1.29, 1.82) is 0 Å². The summed E-state index contributed by atoms with van der Waals surface area (Å²) in [5.41, 5.74) is 0. The quantitative estimate of drug-likeness (QED) is 0.309. The number of hydrogen-bond acceptors (Lipinski definition) is 0. The average molecular weight is 526 g/mol. The third kappa shape index (κ3) is 10.3. The zero-order valence-corrected chi connectivity index (χ0v) is 21.3. The molecule has 0 saturated carbocycles. The van der Waals surface area contributed by atoms with Gasteiger partial charge in [0.15, 0.2) is 0 Å². The van der Waals surface area contributed by atoms with E-state index in [1.54, 1.807) is 0 Å². The van der Waals surface area contributed by atoms with E-state index in [0.29, 0.717) is 0 Å². The topological polar surface area (TPSA) is 0 Å². The van der Waals surface area contributed by atoms with Gasteiger partial charge in [0.05, 0.1) is 0 Å². The normalized spacial score (nSPS) is 15.7. The zero-order chi connectivity index (χ0) is 13.8. The van der Waals surface area contributed by atoms with E-state index >= 15 is 0 Å². The molecule has 0 radical (unpaired) electrons. The molecular formula is C16H28Cl2HfSi2-2. The SMILES string of the molecule is C[Si](C)(C)C1=[C-]CC=C1.C[Si](C)(C)C1=[C-]CC=C1.Cl.Cl.[Hf].